The second kappa shape index (κ2) is 10.3. The monoisotopic (exact) mass is 441 g/mol. The van der Waals surface area contributed by atoms with Gasteiger partial charge in [0.1, 0.15) is 11.5 Å². The number of anilines is 1. The number of rotatable bonds is 9. The fraction of sp³-hybridized carbons (Fsp3) is 0.348. The minimum absolute atomic E-state index is 0.0800. The van der Waals surface area contributed by atoms with Crippen molar-refractivity contribution in [3.63, 3.8) is 0 Å². The third-order valence-corrected chi connectivity index (χ3v) is 5.75. The number of para-hydroxylation sites is 1. The molecule has 0 unspecified atom stereocenters. The van der Waals surface area contributed by atoms with Crippen LogP contribution in [0.4, 0.5) is 5.69 Å². The van der Waals surface area contributed by atoms with Crippen LogP contribution in [-0.2, 0) is 11.3 Å². The summed E-state index contributed by atoms with van der Waals surface area (Å²) < 4.78 is 12.2. The smallest absolute Gasteiger partial charge is 0.262 e. The summed E-state index contributed by atoms with van der Waals surface area (Å²) in [6, 6.07) is 12.5. The highest BCUT2D eigenvalue weighted by molar-refractivity contribution is 7.99. The van der Waals surface area contributed by atoms with Gasteiger partial charge < -0.3 is 14.8 Å². The molecular formula is C23H27N3O4S. The molecule has 0 spiro atoms. The van der Waals surface area contributed by atoms with Gasteiger partial charge in [-0.15, -0.1) is 0 Å². The summed E-state index contributed by atoms with van der Waals surface area (Å²) in [5.74, 6) is 1.47. The van der Waals surface area contributed by atoms with Gasteiger partial charge in [0.05, 0.1) is 36.6 Å². The van der Waals surface area contributed by atoms with E-state index in [1.165, 1.54) is 11.8 Å². The van der Waals surface area contributed by atoms with Crippen molar-refractivity contribution in [2.24, 2.45) is 5.92 Å². The predicted octanol–water partition coefficient (Wildman–Crippen LogP) is 4.19. The van der Waals surface area contributed by atoms with E-state index in [-0.39, 0.29) is 17.2 Å². The number of ether oxygens (including phenoxy) is 2. The molecule has 0 aliphatic heterocycles. The molecule has 0 saturated heterocycles. The molecule has 3 rings (SSSR count). The Balaban J connectivity index is 1.82. The lowest BCUT2D eigenvalue weighted by Crippen LogP contribution is -2.25. The Morgan fingerprint density at radius 3 is 2.65 bits per heavy atom. The van der Waals surface area contributed by atoms with Crippen molar-refractivity contribution >= 4 is 34.3 Å². The summed E-state index contributed by atoms with van der Waals surface area (Å²) in [7, 11) is 3.10. The van der Waals surface area contributed by atoms with Crippen molar-refractivity contribution in [2.45, 2.75) is 32.0 Å². The molecule has 0 saturated carbocycles. The number of thioether (sulfide) groups is 1. The fourth-order valence-electron chi connectivity index (χ4n) is 3.07. The molecule has 2 aromatic carbocycles. The Morgan fingerprint density at radius 2 is 1.94 bits per heavy atom. The largest absolute Gasteiger partial charge is 0.497 e. The van der Waals surface area contributed by atoms with E-state index in [9.17, 15) is 9.59 Å². The van der Waals surface area contributed by atoms with Crippen molar-refractivity contribution in [3.05, 3.63) is 52.8 Å². The van der Waals surface area contributed by atoms with Gasteiger partial charge in [-0.2, -0.15) is 0 Å². The second-order valence-corrected chi connectivity index (χ2v) is 8.40. The van der Waals surface area contributed by atoms with Crippen LogP contribution in [0.5, 0.6) is 11.5 Å². The minimum atomic E-state index is -0.227. The van der Waals surface area contributed by atoms with Gasteiger partial charge in [0.15, 0.2) is 5.16 Å². The molecule has 0 aliphatic rings. The number of carbonyl (C=O) groups excluding carboxylic acids is 1. The maximum atomic E-state index is 13.0. The number of fused-ring (bicyclic) bond motifs is 1. The van der Waals surface area contributed by atoms with Gasteiger partial charge in [-0.3, -0.25) is 14.2 Å². The van der Waals surface area contributed by atoms with E-state index < -0.39 is 0 Å². The molecule has 7 nitrogen and oxygen atoms in total. The van der Waals surface area contributed by atoms with Crippen LogP contribution in [0.2, 0.25) is 0 Å². The van der Waals surface area contributed by atoms with Crippen molar-refractivity contribution < 1.29 is 14.3 Å². The van der Waals surface area contributed by atoms with Crippen molar-refractivity contribution in [3.8, 4) is 11.5 Å². The molecular weight excluding hydrogens is 414 g/mol. The fourth-order valence-corrected chi connectivity index (χ4v) is 3.90. The van der Waals surface area contributed by atoms with Gasteiger partial charge in [-0.25, -0.2) is 4.98 Å². The zero-order valence-electron chi connectivity index (χ0n) is 18.2. The number of amides is 1. The standard InChI is InChI=1S/C23H27N3O4S/c1-15(2)11-12-26-22(28)17-7-5-6-8-18(17)25-23(26)31-14-21(27)24-19-13-16(29-3)9-10-20(19)30-4/h5-10,13,15H,11-12,14H2,1-4H3,(H,24,27). The van der Waals surface area contributed by atoms with Crippen molar-refractivity contribution in [1.82, 2.24) is 9.55 Å². The van der Waals surface area contributed by atoms with Gasteiger partial charge in [0.25, 0.3) is 5.56 Å². The lowest BCUT2D eigenvalue weighted by atomic mass is 10.1. The summed E-state index contributed by atoms with van der Waals surface area (Å²) in [6.45, 7) is 4.78. The molecule has 1 aromatic heterocycles. The lowest BCUT2D eigenvalue weighted by molar-refractivity contribution is -0.113. The van der Waals surface area contributed by atoms with E-state index in [4.69, 9.17) is 9.47 Å². The third-order valence-electron chi connectivity index (χ3n) is 4.77. The SMILES string of the molecule is COc1ccc(OC)c(NC(=O)CSc2nc3ccccc3c(=O)n2CCC(C)C)c1. The first kappa shape index (κ1) is 22.7. The zero-order chi connectivity index (χ0) is 22.4. The lowest BCUT2D eigenvalue weighted by Gasteiger charge is -2.15. The summed E-state index contributed by atoms with van der Waals surface area (Å²) >= 11 is 1.25. The van der Waals surface area contributed by atoms with Crippen LogP contribution in [0.1, 0.15) is 20.3 Å². The van der Waals surface area contributed by atoms with Crippen molar-refractivity contribution in [2.75, 3.05) is 25.3 Å². The first-order valence-corrected chi connectivity index (χ1v) is 11.1. The second-order valence-electron chi connectivity index (χ2n) is 7.45. The highest BCUT2D eigenvalue weighted by atomic mass is 32.2. The molecule has 0 fully saturated rings. The maximum Gasteiger partial charge on any atom is 0.262 e. The Kier molecular flexibility index (Phi) is 7.57. The molecule has 0 radical (unpaired) electrons. The zero-order valence-corrected chi connectivity index (χ0v) is 19.0. The quantitative estimate of drug-likeness (QED) is 0.396. The predicted molar refractivity (Wildman–Crippen MR) is 124 cm³/mol. The molecule has 0 atom stereocenters. The maximum absolute atomic E-state index is 13.0. The third kappa shape index (κ3) is 5.58. The van der Waals surface area contributed by atoms with Crippen LogP contribution in [0, 0.1) is 5.92 Å². The molecule has 0 bridgehead atoms. The Labute approximate surface area is 185 Å². The number of nitrogens with one attached hydrogen (secondary N) is 1. The Bertz CT molecular complexity index is 1130. The summed E-state index contributed by atoms with van der Waals surface area (Å²) in [5.41, 5.74) is 1.07. The molecule has 8 heteroatoms. The van der Waals surface area contributed by atoms with Gasteiger partial charge in [-0.05, 0) is 36.6 Å². The van der Waals surface area contributed by atoms with Crippen LogP contribution in [0.15, 0.2) is 52.4 Å². The average Bonchev–Trinajstić information content (AvgIpc) is 2.77. The van der Waals surface area contributed by atoms with Gasteiger partial charge >= 0.3 is 0 Å². The van der Waals surface area contributed by atoms with Gasteiger partial charge in [-0.1, -0.05) is 37.7 Å². The minimum Gasteiger partial charge on any atom is -0.497 e. The Morgan fingerprint density at radius 1 is 1.16 bits per heavy atom. The summed E-state index contributed by atoms with van der Waals surface area (Å²) in [4.78, 5) is 30.3. The highest BCUT2D eigenvalue weighted by Crippen LogP contribution is 2.29. The number of hydrogen-bond acceptors (Lipinski definition) is 6. The Hall–Kier alpha value is -3.00. The number of methoxy groups -OCH3 is 2. The van der Waals surface area contributed by atoms with E-state index in [0.29, 0.717) is 45.7 Å². The number of benzene rings is 2. The van der Waals surface area contributed by atoms with Crippen LogP contribution in [0.25, 0.3) is 10.9 Å². The van der Waals surface area contributed by atoms with Crippen LogP contribution in [-0.4, -0.2) is 35.4 Å². The summed E-state index contributed by atoms with van der Waals surface area (Å²) in [5, 5.41) is 3.97. The summed E-state index contributed by atoms with van der Waals surface area (Å²) in [6.07, 6.45) is 0.848. The van der Waals surface area contributed by atoms with Gasteiger partial charge in [0.2, 0.25) is 5.91 Å². The van der Waals surface area contributed by atoms with E-state index in [0.717, 1.165) is 6.42 Å². The van der Waals surface area contributed by atoms with Crippen LogP contribution in [0.3, 0.4) is 0 Å². The average molecular weight is 442 g/mol. The van der Waals surface area contributed by atoms with E-state index >= 15 is 0 Å². The first-order chi connectivity index (χ1) is 14.9. The topological polar surface area (TPSA) is 82.5 Å². The first-order valence-electron chi connectivity index (χ1n) is 10.1. The molecule has 1 N–H and O–H groups in total. The normalized spacial score (nSPS) is 11.0. The van der Waals surface area contributed by atoms with E-state index in [2.05, 4.69) is 24.1 Å². The number of hydrogen-bond donors (Lipinski definition) is 1. The molecule has 1 heterocycles. The highest BCUT2D eigenvalue weighted by Gasteiger charge is 2.15. The number of aromatic nitrogens is 2. The van der Waals surface area contributed by atoms with Crippen molar-refractivity contribution in [1.29, 1.82) is 0 Å². The molecule has 0 aliphatic carbocycles. The van der Waals surface area contributed by atoms with Crippen LogP contribution >= 0.6 is 11.8 Å². The molecule has 3 aromatic rings. The molecule has 164 valence electrons. The number of carbonyl (C=O) groups is 1. The van der Waals surface area contributed by atoms with Crippen LogP contribution < -0.4 is 20.3 Å². The number of nitrogens with zero attached hydrogens (tertiary/aromatic N) is 2. The van der Waals surface area contributed by atoms with E-state index in [1.54, 1.807) is 43.1 Å². The molecule has 1 amide bonds. The van der Waals surface area contributed by atoms with E-state index in [1.807, 2.05) is 18.2 Å². The molecule has 31 heavy (non-hydrogen) atoms. The van der Waals surface area contributed by atoms with Gasteiger partial charge in [0, 0.05) is 12.6 Å².